The molecular weight excluding hydrogens is 288 g/mol. The lowest BCUT2D eigenvalue weighted by atomic mass is 10.3. The van der Waals surface area contributed by atoms with Gasteiger partial charge in [0.1, 0.15) is 0 Å². The summed E-state index contributed by atoms with van der Waals surface area (Å²) in [6.45, 7) is 2.29. The van der Waals surface area contributed by atoms with Gasteiger partial charge in [-0.3, -0.25) is 14.3 Å². The third kappa shape index (κ3) is 3.86. The molecule has 2 rings (SSSR count). The van der Waals surface area contributed by atoms with Crippen LogP contribution in [0.1, 0.15) is 18.4 Å². The number of aromatic nitrogens is 2. The Kier molecular flexibility index (Phi) is 5.41. The second-order valence-corrected chi connectivity index (χ2v) is 5.75. The summed E-state index contributed by atoms with van der Waals surface area (Å²) in [4.78, 5) is 27.1. The molecular formula is C15H18N2O3S. The van der Waals surface area contributed by atoms with Crippen molar-refractivity contribution in [2.45, 2.75) is 36.2 Å². The molecule has 0 aliphatic rings. The summed E-state index contributed by atoms with van der Waals surface area (Å²) >= 11 is 1.41. The van der Waals surface area contributed by atoms with Gasteiger partial charge in [-0.1, -0.05) is 30.0 Å². The number of aliphatic hydroxyl groups is 1. The first-order chi connectivity index (χ1) is 10.1. The van der Waals surface area contributed by atoms with Crippen LogP contribution in [-0.2, 0) is 6.54 Å². The molecule has 0 atom stereocenters. The van der Waals surface area contributed by atoms with E-state index in [1.165, 1.54) is 11.8 Å². The van der Waals surface area contributed by atoms with Crippen LogP contribution >= 0.6 is 11.8 Å². The summed E-state index contributed by atoms with van der Waals surface area (Å²) < 4.78 is 1.57. The Morgan fingerprint density at radius 3 is 2.57 bits per heavy atom. The minimum Gasteiger partial charge on any atom is -0.396 e. The van der Waals surface area contributed by atoms with Crippen molar-refractivity contribution in [3.63, 3.8) is 0 Å². The average molecular weight is 306 g/mol. The highest BCUT2D eigenvalue weighted by molar-refractivity contribution is 7.99. The fourth-order valence-electron chi connectivity index (χ4n) is 1.97. The molecule has 0 saturated heterocycles. The molecule has 0 saturated carbocycles. The number of nitrogens with zero attached hydrogens (tertiary/aromatic N) is 1. The maximum Gasteiger partial charge on any atom is 0.329 e. The first-order valence-corrected chi connectivity index (χ1v) is 7.62. The van der Waals surface area contributed by atoms with Crippen LogP contribution in [0.3, 0.4) is 0 Å². The number of aliphatic hydroxyl groups excluding tert-OH is 1. The molecule has 0 unspecified atom stereocenters. The molecule has 0 spiro atoms. The summed E-state index contributed by atoms with van der Waals surface area (Å²) in [5.41, 5.74) is -0.216. The van der Waals surface area contributed by atoms with Crippen LogP contribution in [0.15, 0.2) is 49.8 Å². The smallest absolute Gasteiger partial charge is 0.329 e. The lowest BCUT2D eigenvalue weighted by molar-refractivity contribution is 0.280. The van der Waals surface area contributed by atoms with Gasteiger partial charge < -0.3 is 5.11 Å². The Balaban J connectivity index is 2.41. The fourth-order valence-corrected chi connectivity index (χ4v) is 3.01. The number of aromatic amines is 1. The van der Waals surface area contributed by atoms with E-state index in [0.29, 0.717) is 30.0 Å². The number of hydrogen-bond donors (Lipinski definition) is 2. The molecule has 0 aliphatic carbocycles. The van der Waals surface area contributed by atoms with Crippen molar-refractivity contribution >= 4 is 11.8 Å². The van der Waals surface area contributed by atoms with Gasteiger partial charge in [0.15, 0.2) is 0 Å². The van der Waals surface area contributed by atoms with Gasteiger partial charge in [0.25, 0.3) is 5.56 Å². The highest BCUT2D eigenvalue weighted by atomic mass is 32.2. The van der Waals surface area contributed by atoms with E-state index in [9.17, 15) is 9.59 Å². The first-order valence-electron chi connectivity index (χ1n) is 6.81. The molecule has 1 heterocycles. The van der Waals surface area contributed by atoms with E-state index in [-0.39, 0.29) is 12.2 Å². The lowest BCUT2D eigenvalue weighted by Gasteiger charge is -2.13. The van der Waals surface area contributed by atoms with Crippen LogP contribution in [0.4, 0.5) is 0 Å². The Bertz CT molecular complexity index is 707. The summed E-state index contributed by atoms with van der Waals surface area (Å²) in [5.74, 6) is 0. The lowest BCUT2D eigenvalue weighted by Crippen LogP contribution is -2.33. The number of unbranched alkanes of at least 4 members (excludes halogenated alkanes) is 1. The minimum absolute atomic E-state index is 0.0955. The predicted molar refractivity (Wildman–Crippen MR) is 82.9 cm³/mol. The van der Waals surface area contributed by atoms with Gasteiger partial charge in [0.05, 0.1) is 5.03 Å². The second-order valence-electron chi connectivity index (χ2n) is 4.69. The molecule has 2 N–H and O–H groups in total. The Morgan fingerprint density at radius 2 is 1.90 bits per heavy atom. The number of benzene rings is 1. The number of hydrogen-bond acceptors (Lipinski definition) is 4. The predicted octanol–water partition coefficient (Wildman–Crippen LogP) is 1.77. The van der Waals surface area contributed by atoms with Crippen molar-refractivity contribution in [1.29, 1.82) is 0 Å². The molecule has 1 aromatic heterocycles. The normalized spacial score (nSPS) is 10.8. The van der Waals surface area contributed by atoms with E-state index < -0.39 is 5.69 Å². The zero-order valence-corrected chi connectivity index (χ0v) is 12.7. The van der Waals surface area contributed by atoms with Gasteiger partial charge in [0.2, 0.25) is 0 Å². The standard InChI is InChI=1S/C15H18N2O3S/c1-11-13(19)16-15(20)17(9-5-6-10-18)14(11)21-12-7-3-2-4-8-12/h2-4,7-8,18H,5-6,9-10H2,1H3,(H,16,19,20). The molecule has 5 nitrogen and oxygen atoms in total. The van der Waals surface area contributed by atoms with Crippen LogP contribution in [0, 0.1) is 6.92 Å². The van der Waals surface area contributed by atoms with Crippen molar-refractivity contribution in [3.8, 4) is 0 Å². The summed E-state index contributed by atoms with van der Waals surface area (Å²) in [7, 11) is 0. The molecule has 21 heavy (non-hydrogen) atoms. The number of nitrogens with one attached hydrogen (secondary N) is 1. The number of rotatable bonds is 6. The molecule has 2 aromatic rings. The fraction of sp³-hybridized carbons (Fsp3) is 0.333. The molecule has 1 aromatic carbocycles. The molecule has 112 valence electrons. The van der Waals surface area contributed by atoms with Gasteiger partial charge >= 0.3 is 5.69 Å². The van der Waals surface area contributed by atoms with Crippen molar-refractivity contribution < 1.29 is 5.11 Å². The Labute approximate surface area is 126 Å². The SMILES string of the molecule is Cc1c(Sc2ccccc2)n(CCCCO)c(=O)[nH]c1=O. The topological polar surface area (TPSA) is 75.1 Å². The van der Waals surface area contributed by atoms with E-state index in [1.807, 2.05) is 30.3 Å². The van der Waals surface area contributed by atoms with Gasteiger partial charge in [-0.25, -0.2) is 4.79 Å². The summed E-state index contributed by atoms with van der Waals surface area (Å²) in [6.07, 6.45) is 1.31. The average Bonchev–Trinajstić information content (AvgIpc) is 2.49. The van der Waals surface area contributed by atoms with E-state index in [4.69, 9.17) is 5.11 Å². The largest absolute Gasteiger partial charge is 0.396 e. The van der Waals surface area contributed by atoms with Crippen LogP contribution in [-0.4, -0.2) is 21.3 Å². The van der Waals surface area contributed by atoms with E-state index >= 15 is 0 Å². The van der Waals surface area contributed by atoms with E-state index in [0.717, 1.165) is 4.90 Å². The molecule has 0 aliphatic heterocycles. The molecule has 0 bridgehead atoms. The quantitative estimate of drug-likeness (QED) is 0.630. The van der Waals surface area contributed by atoms with Gasteiger partial charge in [0, 0.05) is 23.6 Å². The second kappa shape index (κ2) is 7.28. The van der Waals surface area contributed by atoms with Crippen molar-refractivity contribution in [3.05, 3.63) is 56.7 Å². The van der Waals surface area contributed by atoms with Crippen molar-refractivity contribution in [2.24, 2.45) is 0 Å². The number of H-pyrrole nitrogens is 1. The Hall–Kier alpha value is -1.79. The summed E-state index contributed by atoms with van der Waals surface area (Å²) in [6, 6.07) is 9.63. The van der Waals surface area contributed by atoms with Crippen LogP contribution in [0.25, 0.3) is 0 Å². The Morgan fingerprint density at radius 1 is 1.19 bits per heavy atom. The van der Waals surface area contributed by atoms with E-state index in [1.54, 1.807) is 11.5 Å². The molecule has 0 amide bonds. The van der Waals surface area contributed by atoms with Crippen molar-refractivity contribution in [2.75, 3.05) is 6.61 Å². The molecule has 0 fully saturated rings. The van der Waals surface area contributed by atoms with Gasteiger partial charge in [-0.2, -0.15) is 0 Å². The summed E-state index contributed by atoms with van der Waals surface area (Å²) in [5, 5.41) is 9.53. The minimum atomic E-state index is -0.401. The highest BCUT2D eigenvalue weighted by Gasteiger charge is 2.12. The third-order valence-corrected chi connectivity index (χ3v) is 4.35. The maximum absolute atomic E-state index is 12.0. The molecule has 6 heteroatoms. The molecule has 0 radical (unpaired) electrons. The van der Waals surface area contributed by atoms with Crippen LogP contribution in [0.5, 0.6) is 0 Å². The third-order valence-electron chi connectivity index (χ3n) is 3.12. The highest BCUT2D eigenvalue weighted by Crippen LogP contribution is 2.27. The van der Waals surface area contributed by atoms with E-state index in [2.05, 4.69) is 4.98 Å². The van der Waals surface area contributed by atoms with Gasteiger partial charge in [-0.15, -0.1) is 0 Å². The van der Waals surface area contributed by atoms with Gasteiger partial charge in [-0.05, 0) is 31.9 Å². The zero-order valence-electron chi connectivity index (χ0n) is 11.8. The zero-order chi connectivity index (χ0) is 15.2. The maximum atomic E-state index is 12.0. The first kappa shape index (κ1) is 15.6. The van der Waals surface area contributed by atoms with Crippen molar-refractivity contribution in [1.82, 2.24) is 9.55 Å². The monoisotopic (exact) mass is 306 g/mol. The van der Waals surface area contributed by atoms with Crippen LogP contribution < -0.4 is 11.2 Å². The van der Waals surface area contributed by atoms with Crippen LogP contribution in [0.2, 0.25) is 0 Å².